The highest BCUT2D eigenvalue weighted by Crippen LogP contribution is 2.35. The van der Waals surface area contributed by atoms with Crippen molar-refractivity contribution in [2.45, 2.75) is 6.54 Å². The lowest BCUT2D eigenvalue weighted by molar-refractivity contribution is 0.395. The van der Waals surface area contributed by atoms with Crippen molar-refractivity contribution >= 4 is 17.3 Å². The predicted octanol–water partition coefficient (Wildman–Crippen LogP) is 2.10. The fourth-order valence-electron chi connectivity index (χ4n) is 1.66. The highest BCUT2D eigenvalue weighted by atomic mass is 35.5. The Morgan fingerprint density at radius 2 is 2.00 bits per heavy atom. The van der Waals surface area contributed by atoms with Crippen molar-refractivity contribution in [2.24, 2.45) is 7.05 Å². The van der Waals surface area contributed by atoms with E-state index in [4.69, 9.17) is 21.1 Å². The van der Waals surface area contributed by atoms with Crippen LogP contribution in [0.15, 0.2) is 18.3 Å². The molecule has 0 fully saturated rings. The third-order valence-electron chi connectivity index (χ3n) is 2.58. The van der Waals surface area contributed by atoms with Crippen LogP contribution in [-0.2, 0) is 13.6 Å². The minimum atomic E-state index is 0.518. The lowest BCUT2D eigenvalue weighted by atomic mass is 10.2. The van der Waals surface area contributed by atoms with E-state index in [1.807, 2.05) is 13.2 Å². The zero-order valence-electron chi connectivity index (χ0n) is 11.0. The topological polar surface area (TPSA) is 61.2 Å². The quantitative estimate of drug-likeness (QED) is 0.910. The van der Waals surface area contributed by atoms with Gasteiger partial charge in [-0.15, -0.1) is 5.10 Å². The van der Waals surface area contributed by atoms with Crippen molar-refractivity contribution in [3.05, 3.63) is 29.0 Å². The molecule has 0 amide bonds. The normalized spacial score (nSPS) is 10.3. The molecule has 0 unspecified atom stereocenters. The van der Waals surface area contributed by atoms with E-state index >= 15 is 0 Å². The molecule has 6 nitrogen and oxygen atoms in total. The number of anilines is 1. The summed E-state index contributed by atoms with van der Waals surface area (Å²) >= 11 is 6.09. The molecular weight excluding hydrogens is 268 g/mol. The van der Waals surface area contributed by atoms with Gasteiger partial charge in [0.2, 0.25) is 0 Å². The molecular formula is C12H15ClN4O2. The second kappa shape index (κ2) is 5.79. The van der Waals surface area contributed by atoms with Gasteiger partial charge in [-0.05, 0) is 6.07 Å². The van der Waals surface area contributed by atoms with Gasteiger partial charge >= 0.3 is 0 Å². The number of hydrogen-bond acceptors (Lipinski definition) is 5. The molecule has 2 aromatic rings. The van der Waals surface area contributed by atoms with Crippen LogP contribution in [0.3, 0.4) is 0 Å². The van der Waals surface area contributed by atoms with Crippen molar-refractivity contribution < 1.29 is 9.47 Å². The summed E-state index contributed by atoms with van der Waals surface area (Å²) in [4.78, 5) is 0. The largest absolute Gasteiger partial charge is 0.495 e. The smallest absolute Gasteiger partial charge is 0.145 e. The highest BCUT2D eigenvalue weighted by molar-refractivity contribution is 6.32. The molecule has 1 N–H and O–H groups in total. The first-order valence-electron chi connectivity index (χ1n) is 5.64. The van der Waals surface area contributed by atoms with E-state index in [1.165, 1.54) is 0 Å². The standard InChI is InChI=1S/C12H15ClN4O2/c1-17-7-8(15-16-17)6-14-10-4-9(13)11(18-2)5-12(10)19-3/h4-5,7,14H,6H2,1-3H3. The van der Waals surface area contributed by atoms with E-state index in [2.05, 4.69) is 15.6 Å². The van der Waals surface area contributed by atoms with Crippen molar-refractivity contribution in [1.82, 2.24) is 15.0 Å². The van der Waals surface area contributed by atoms with Gasteiger partial charge < -0.3 is 14.8 Å². The third-order valence-corrected chi connectivity index (χ3v) is 2.88. The van der Waals surface area contributed by atoms with E-state index in [0.717, 1.165) is 11.4 Å². The molecule has 0 spiro atoms. The van der Waals surface area contributed by atoms with Crippen LogP contribution in [0.4, 0.5) is 5.69 Å². The number of rotatable bonds is 5. The van der Waals surface area contributed by atoms with E-state index in [9.17, 15) is 0 Å². The van der Waals surface area contributed by atoms with Gasteiger partial charge in [0.15, 0.2) is 0 Å². The third kappa shape index (κ3) is 3.08. The maximum Gasteiger partial charge on any atom is 0.145 e. The van der Waals surface area contributed by atoms with Gasteiger partial charge in [-0.1, -0.05) is 16.8 Å². The number of halogens is 1. The zero-order chi connectivity index (χ0) is 13.8. The summed E-state index contributed by atoms with van der Waals surface area (Å²) in [5, 5.41) is 11.6. The number of nitrogens with zero attached hydrogens (tertiary/aromatic N) is 3. The van der Waals surface area contributed by atoms with Gasteiger partial charge in [0.1, 0.15) is 17.2 Å². The maximum absolute atomic E-state index is 6.09. The Hall–Kier alpha value is -1.95. The second-order valence-corrected chi connectivity index (χ2v) is 4.33. The van der Waals surface area contributed by atoms with Crippen LogP contribution in [0.25, 0.3) is 0 Å². The summed E-state index contributed by atoms with van der Waals surface area (Å²) in [6.45, 7) is 0.535. The van der Waals surface area contributed by atoms with Gasteiger partial charge in [-0.2, -0.15) is 0 Å². The summed E-state index contributed by atoms with van der Waals surface area (Å²) in [5.41, 5.74) is 1.61. The molecule has 0 bridgehead atoms. The van der Waals surface area contributed by atoms with Crippen LogP contribution in [0.5, 0.6) is 11.5 Å². The zero-order valence-corrected chi connectivity index (χ0v) is 11.7. The van der Waals surface area contributed by atoms with Gasteiger partial charge in [0.25, 0.3) is 0 Å². The van der Waals surface area contributed by atoms with E-state index in [0.29, 0.717) is 23.1 Å². The first-order chi connectivity index (χ1) is 9.13. The number of hydrogen-bond donors (Lipinski definition) is 1. The molecule has 0 aliphatic heterocycles. The summed E-state index contributed by atoms with van der Waals surface area (Å²) in [6.07, 6.45) is 1.84. The molecule has 102 valence electrons. The number of nitrogens with one attached hydrogen (secondary N) is 1. The average molecular weight is 283 g/mol. The van der Waals surface area contributed by atoms with Crippen LogP contribution < -0.4 is 14.8 Å². The van der Waals surface area contributed by atoms with Gasteiger partial charge in [-0.25, -0.2) is 0 Å². The Morgan fingerprint density at radius 3 is 2.58 bits per heavy atom. The van der Waals surface area contributed by atoms with Crippen LogP contribution in [0.1, 0.15) is 5.69 Å². The molecule has 2 rings (SSSR count). The minimum absolute atomic E-state index is 0.518. The van der Waals surface area contributed by atoms with Gasteiger partial charge in [-0.3, -0.25) is 4.68 Å². The predicted molar refractivity (Wildman–Crippen MR) is 72.9 cm³/mol. The van der Waals surface area contributed by atoms with E-state index in [-0.39, 0.29) is 0 Å². The Balaban J connectivity index is 2.17. The molecule has 0 atom stereocenters. The molecule has 0 aliphatic carbocycles. The summed E-state index contributed by atoms with van der Waals surface area (Å²) in [7, 11) is 4.98. The van der Waals surface area contributed by atoms with Crippen LogP contribution in [-0.4, -0.2) is 29.2 Å². The minimum Gasteiger partial charge on any atom is -0.495 e. The Bertz CT molecular complexity index is 571. The first kappa shape index (κ1) is 13.5. The number of benzene rings is 1. The van der Waals surface area contributed by atoms with Gasteiger partial charge in [0, 0.05) is 19.3 Å². The van der Waals surface area contributed by atoms with Crippen molar-refractivity contribution in [1.29, 1.82) is 0 Å². The fourth-order valence-corrected chi connectivity index (χ4v) is 1.90. The SMILES string of the molecule is COc1cc(OC)c(NCc2cn(C)nn2)cc1Cl. The first-order valence-corrected chi connectivity index (χ1v) is 6.02. The molecule has 0 saturated carbocycles. The number of aryl methyl sites for hydroxylation is 1. The lowest BCUT2D eigenvalue weighted by Gasteiger charge is -2.13. The monoisotopic (exact) mass is 282 g/mol. The van der Waals surface area contributed by atoms with Gasteiger partial charge in [0.05, 0.1) is 31.5 Å². The fraction of sp³-hybridized carbons (Fsp3) is 0.333. The lowest BCUT2D eigenvalue weighted by Crippen LogP contribution is -2.02. The molecule has 0 saturated heterocycles. The van der Waals surface area contributed by atoms with Crippen LogP contribution in [0.2, 0.25) is 5.02 Å². The van der Waals surface area contributed by atoms with Crippen LogP contribution in [0, 0.1) is 0 Å². The van der Waals surface area contributed by atoms with Crippen molar-refractivity contribution in [2.75, 3.05) is 19.5 Å². The summed E-state index contributed by atoms with van der Waals surface area (Å²) < 4.78 is 12.1. The molecule has 1 heterocycles. The van der Waals surface area contributed by atoms with E-state index < -0.39 is 0 Å². The molecule has 7 heteroatoms. The Kier molecular flexibility index (Phi) is 4.11. The average Bonchev–Trinajstić information content (AvgIpc) is 2.82. The number of ether oxygens (including phenoxy) is 2. The number of methoxy groups -OCH3 is 2. The molecule has 0 radical (unpaired) electrons. The molecule has 1 aromatic carbocycles. The Morgan fingerprint density at radius 1 is 1.26 bits per heavy atom. The summed E-state index contributed by atoms with van der Waals surface area (Å²) in [6, 6.07) is 3.50. The molecule has 1 aromatic heterocycles. The van der Waals surface area contributed by atoms with Crippen molar-refractivity contribution in [3.63, 3.8) is 0 Å². The van der Waals surface area contributed by atoms with Crippen molar-refractivity contribution in [3.8, 4) is 11.5 Å². The second-order valence-electron chi connectivity index (χ2n) is 3.92. The Labute approximate surface area is 116 Å². The summed E-state index contributed by atoms with van der Waals surface area (Å²) in [5.74, 6) is 1.23. The highest BCUT2D eigenvalue weighted by Gasteiger charge is 2.10. The molecule has 0 aliphatic rings. The number of aromatic nitrogens is 3. The maximum atomic E-state index is 6.09. The van der Waals surface area contributed by atoms with Crippen LogP contribution >= 0.6 is 11.6 Å². The van der Waals surface area contributed by atoms with E-state index in [1.54, 1.807) is 31.0 Å². The molecule has 19 heavy (non-hydrogen) atoms.